The molecule has 69 heavy (non-hydrogen) atoms. The minimum absolute atomic E-state index is 0.0829. The quantitative estimate of drug-likeness (QED) is 0.0913. The fourth-order valence-electron chi connectivity index (χ4n) is 8.73. The summed E-state index contributed by atoms with van der Waals surface area (Å²) in [7, 11) is -2.85. The van der Waals surface area contributed by atoms with Crippen molar-refractivity contribution in [3.8, 4) is 22.5 Å². The van der Waals surface area contributed by atoms with Crippen molar-refractivity contribution in [3.63, 3.8) is 0 Å². The number of anilines is 4. The van der Waals surface area contributed by atoms with Crippen LogP contribution in [0, 0.1) is 0 Å². The highest BCUT2D eigenvalue weighted by Crippen LogP contribution is 2.53. The van der Waals surface area contributed by atoms with Gasteiger partial charge in [0.15, 0.2) is 9.84 Å². The zero-order valence-electron chi connectivity index (χ0n) is 37.8. The number of benzene rings is 4. The molecule has 0 unspecified atom stereocenters. The van der Waals surface area contributed by atoms with Crippen LogP contribution in [0.15, 0.2) is 146 Å². The number of morpholine rings is 2. The normalized spacial score (nSPS) is 17.3. The SMILES string of the molecule is O=c1cc(N2CCOCC2)cc(-c2cccc3c2Sc2ccc(NCCCl)cc2S3)[nH]1.O=c1cc(N2CCOCC2)cc(-c2cccc3c2Sc2ccc(NCCN4CCS(=O)(=O)CC4)cc2S3)[nH]1. The lowest BCUT2D eigenvalue weighted by Crippen LogP contribution is -2.42. The van der Waals surface area contributed by atoms with Gasteiger partial charge in [-0.05, 0) is 60.7 Å². The van der Waals surface area contributed by atoms with Crippen LogP contribution in [0.4, 0.5) is 22.7 Å². The van der Waals surface area contributed by atoms with E-state index in [1.54, 1.807) is 59.2 Å². The third kappa shape index (κ3) is 11.7. The number of nitrogens with zero attached hydrogens (tertiary/aromatic N) is 3. The highest BCUT2D eigenvalue weighted by atomic mass is 35.5. The molecule has 19 heteroatoms. The average Bonchev–Trinajstić information content (AvgIpc) is 3.37. The Balaban J connectivity index is 0.000000164. The van der Waals surface area contributed by atoms with E-state index >= 15 is 0 Å². The van der Waals surface area contributed by atoms with Crippen molar-refractivity contribution in [3.05, 3.63) is 118 Å². The van der Waals surface area contributed by atoms with Crippen LogP contribution in [0.1, 0.15) is 0 Å². The first-order valence-corrected chi connectivity index (χ1v) is 28.6. The van der Waals surface area contributed by atoms with Crippen LogP contribution in [0.2, 0.25) is 0 Å². The highest BCUT2D eigenvalue weighted by molar-refractivity contribution is 8.05. The number of ether oxygens (including phenoxy) is 2. The number of halogens is 1. The molecule has 13 nitrogen and oxygen atoms in total. The smallest absolute Gasteiger partial charge is 0.250 e. The van der Waals surface area contributed by atoms with E-state index in [0.29, 0.717) is 45.4 Å². The Bertz CT molecular complexity index is 3060. The van der Waals surface area contributed by atoms with Crippen LogP contribution >= 0.6 is 58.6 Å². The molecule has 4 N–H and O–H groups in total. The molecule has 0 saturated carbocycles. The number of hydrogen-bond acceptors (Lipinski definition) is 15. The summed E-state index contributed by atoms with van der Waals surface area (Å²) in [5.74, 6) is 1.09. The number of hydrogen-bond donors (Lipinski definition) is 4. The van der Waals surface area contributed by atoms with Gasteiger partial charge in [-0.1, -0.05) is 71.3 Å². The molecule has 2 aromatic heterocycles. The maximum Gasteiger partial charge on any atom is 0.250 e. The van der Waals surface area contributed by atoms with Gasteiger partial charge in [-0.15, -0.1) is 11.6 Å². The number of aromatic amines is 2. The number of nitrogens with one attached hydrogen (secondary N) is 4. The Hall–Kier alpha value is -4.50. The van der Waals surface area contributed by atoms with E-state index in [2.05, 4.69) is 114 Å². The summed E-state index contributed by atoms with van der Waals surface area (Å²) >= 11 is 12.8. The number of pyridine rings is 2. The van der Waals surface area contributed by atoms with Crippen LogP contribution in [0.3, 0.4) is 0 Å². The summed E-state index contributed by atoms with van der Waals surface area (Å²) in [5, 5.41) is 6.84. The fourth-order valence-corrected chi connectivity index (χ4v) is 14.9. The van der Waals surface area contributed by atoms with Gasteiger partial charge in [0, 0.05) is 150 Å². The minimum atomic E-state index is -2.85. The molecule has 0 bridgehead atoms. The van der Waals surface area contributed by atoms with Gasteiger partial charge in [0.05, 0.1) is 49.3 Å². The van der Waals surface area contributed by atoms with Gasteiger partial charge >= 0.3 is 0 Å². The average molecular weight is 1040 g/mol. The number of alkyl halides is 1. The maximum absolute atomic E-state index is 12.6. The Kier molecular flexibility index (Phi) is 15.3. The van der Waals surface area contributed by atoms with Gasteiger partial charge in [-0.25, -0.2) is 8.42 Å². The van der Waals surface area contributed by atoms with Crippen LogP contribution in [0.25, 0.3) is 22.5 Å². The van der Waals surface area contributed by atoms with Gasteiger partial charge in [0.1, 0.15) is 0 Å². The number of H-pyrrole nitrogens is 2. The number of aromatic nitrogens is 2. The van der Waals surface area contributed by atoms with Crippen LogP contribution in [-0.2, 0) is 19.3 Å². The molecule has 5 aliphatic heterocycles. The molecule has 4 aromatic carbocycles. The van der Waals surface area contributed by atoms with Crippen LogP contribution in [0.5, 0.6) is 0 Å². The first kappa shape index (κ1) is 48.1. The summed E-state index contributed by atoms with van der Waals surface area (Å²) in [5.41, 5.74) is 7.60. The predicted molar refractivity (Wildman–Crippen MR) is 283 cm³/mol. The van der Waals surface area contributed by atoms with Crippen molar-refractivity contribution in [1.29, 1.82) is 0 Å². The van der Waals surface area contributed by atoms with Crippen LogP contribution < -0.4 is 31.6 Å². The molecule has 5 aliphatic rings. The summed E-state index contributed by atoms with van der Waals surface area (Å²) < 4.78 is 34.2. The van der Waals surface area contributed by atoms with Crippen molar-refractivity contribution in [2.75, 3.05) is 123 Å². The number of fused-ring (bicyclic) bond motifs is 4. The Labute approximate surface area is 423 Å². The third-order valence-electron chi connectivity index (χ3n) is 12.3. The van der Waals surface area contributed by atoms with Crippen LogP contribution in [-0.4, -0.2) is 126 Å². The Morgan fingerprint density at radius 2 is 1.03 bits per heavy atom. The van der Waals surface area contributed by atoms with E-state index < -0.39 is 9.84 Å². The molecule has 11 rings (SSSR count). The molecule has 360 valence electrons. The van der Waals surface area contributed by atoms with Crippen molar-refractivity contribution < 1.29 is 17.9 Å². The number of sulfone groups is 1. The second kappa shape index (κ2) is 21.9. The first-order valence-electron chi connectivity index (χ1n) is 23.0. The third-order valence-corrected chi connectivity index (χ3v) is 19.3. The zero-order chi connectivity index (χ0) is 47.3. The molecule has 0 atom stereocenters. The highest BCUT2D eigenvalue weighted by Gasteiger charge is 2.25. The maximum atomic E-state index is 12.6. The standard InChI is InChI=1S/C27H30N4O4S3.C23H22ClN3O2S2/c32-26-18-20(31-8-12-35-13-9-31)17-22(29-26)21-2-1-3-24-27(21)37-23-5-4-19(16-25(23)36-24)28-6-7-30-10-14-38(33,34)15-11-30;24-6-7-25-15-4-5-19-21(12-15)30-20-3-1-2-17(23(20)31-19)18-13-16(14-22(28)26-18)27-8-10-29-11-9-27/h1-5,16-18,28H,6-15H2,(H,29,32);1-5,12-14,25H,6-11H2,(H,26,28). The molecule has 3 saturated heterocycles. The van der Waals surface area contributed by atoms with E-state index in [4.69, 9.17) is 21.1 Å². The van der Waals surface area contributed by atoms with E-state index in [0.717, 1.165) is 96.0 Å². The van der Waals surface area contributed by atoms with Gasteiger partial charge in [-0.3, -0.25) is 14.5 Å². The number of rotatable bonds is 11. The first-order chi connectivity index (χ1) is 33.6. The van der Waals surface area contributed by atoms with Crippen molar-refractivity contribution in [2.45, 2.75) is 39.2 Å². The molecule has 0 spiro atoms. The molecule has 6 aromatic rings. The predicted octanol–water partition coefficient (Wildman–Crippen LogP) is 8.78. The molecular formula is C50H52ClN7O6S5. The lowest BCUT2D eigenvalue weighted by molar-refractivity contribution is 0.122. The molecule has 0 amide bonds. The van der Waals surface area contributed by atoms with Crippen molar-refractivity contribution in [1.82, 2.24) is 14.9 Å². The Morgan fingerprint density at radius 3 is 1.51 bits per heavy atom. The van der Waals surface area contributed by atoms with E-state index in [1.807, 2.05) is 6.07 Å². The topological polar surface area (TPSA) is 152 Å². The molecule has 7 heterocycles. The largest absolute Gasteiger partial charge is 0.384 e. The summed E-state index contributed by atoms with van der Waals surface area (Å²) in [6, 6.07) is 32.9. The molecule has 0 aliphatic carbocycles. The van der Waals surface area contributed by atoms with Gasteiger partial charge in [-0.2, -0.15) is 0 Å². The molecule has 3 fully saturated rings. The minimum Gasteiger partial charge on any atom is -0.384 e. The molecular weight excluding hydrogens is 990 g/mol. The van der Waals surface area contributed by atoms with Crippen molar-refractivity contribution >= 4 is 91.2 Å². The summed E-state index contributed by atoms with van der Waals surface area (Å²) in [6.07, 6.45) is 0. The molecule has 0 radical (unpaired) electrons. The van der Waals surface area contributed by atoms with E-state index in [1.165, 1.54) is 34.3 Å². The lowest BCUT2D eigenvalue weighted by atomic mass is 10.1. The monoisotopic (exact) mass is 1040 g/mol. The van der Waals surface area contributed by atoms with Gasteiger partial charge in [0.25, 0.3) is 0 Å². The second-order valence-corrected chi connectivity index (χ2v) is 23.9. The zero-order valence-corrected chi connectivity index (χ0v) is 42.6. The summed E-state index contributed by atoms with van der Waals surface area (Å²) in [4.78, 5) is 47.3. The Morgan fingerprint density at radius 1 is 0.551 bits per heavy atom. The van der Waals surface area contributed by atoms with Crippen molar-refractivity contribution in [2.24, 2.45) is 0 Å². The fraction of sp³-hybridized carbons (Fsp3) is 0.320. The summed E-state index contributed by atoms with van der Waals surface area (Å²) in [6.45, 7) is 9.44. The van der Waals surface area contributed by atoms with E-state index in [-0.39, 0.29) is 22.6 Å². The van der Waals surface area contributed by atoms with E-state index in [9.17, 15) is 18.0 Å². The second-order valence-electron chi connectivity index (χ2n) is 17.0. The lowest BCUT2D eigenvalue weighted by Gasteiger charge is -2.29. The van der Waals surface area contributed by atoms with Gasteiger partial charge < -0.3 is 39.9 Å². The van der Waals surface area contributed by atoms with Gasteiger partial charge in [0.2, 0.25) is 11.1 Å².